The lowest BCUT2D eigenvalue weighted by Gasteiger charge is -2.23. The van der Waals surface area contributed by atoms with Crippen LogP contribution in [0.5, 0.6) is 0 Å². The number of nitrogens with two attached hydrogens (primary N) is 1. The number of hydroxylamine groups is 1. The molecule has 3 heterocycles. The molecule has 3 atom stereocenters. The van der Waals surface area contributed by atoms with Crippen molar-refractivity contribution in [2.45, 2.75) is 31.8 Å². The first-order valence-electron chi connectivity index (χ1n) is 9.99. The lowest BCUT2D eigenvalue weighted by molar-refractivity contribution is -0.384. The molecule has 14 heteroatoms. The molecule has 0 spiro atoms. The molecule has 3 N–H and O–H groups in total. The Morgan fingerprint density at radius 3 is 2.82 bits per heavy atom. The Balaban J connectivity index is 1.47. The van der Waals surface area contributed by atoms with Crippen LogP contribution in [0.25, 0.3) is 11.2 Å². The molecular weight excluding hydrogens is 438 g/mol. The number of nitro groups is 1. The SMILES string of the molecule is CCOC(=O)N(OC[C@@H]1C[C@@H](O)[C@H](n2cnc3c(N)ncnc32)O1)c1ccc([N+](=O)[O-])cc1. The average molecular weight is 459 g/mol. The number of rotatable bonds is 7. The van der Waals surface area contributed by atoms with E-state index in [0.717, 1.165) is 5.06 Å². The first-order valence-corrected chi connectivity index (χ1v) is 9.99. The molecule has 1 aliphatic heterocycles. The largest absolute Gasteiger partial charge is 0.448 e. The molecule has 1 saturated heterocycles. The predicted molar refractivity (Wildman–Crippen MR) is 113 cm³/mol. The van der Waals surface area contributed by atoms with Gasteiger partial charge in [0.1, 0.15) is 24.6 Å². The van der Waals surface area contributed by atoms with Crippen LogP contribution in [0.2, 0.25) is 0 Å². The molecule has 0 bridgehead atoms. The Morgan fingerprint density at radius 1 is 1.36 bits per heavy atom. The van der Waals surface area contributed by atoms with Crippen LogP contribution in [-0.4, -0.2) is 61.1 Å². The highest BCUT2D eigenvalue weighted by atomic mass is 16.7. The summed E-state index contributed by atoms with van der Waals surface area (Å²) >= 11 is 0. The molecule has 174 valence electrons. The van der Waals surface area contributed by atoms with E-state index >= 15 is 0 Å². The number of nitrogens with zero attached hydrogens (tertiary/aromatic N) is 6. The lowest BCUT2D eigenvalue weighted by Crippen LogP contribution is -2.34. The van der Waals surface area contributed by atoms with Crippen LogP contribution >= 0.6 is 0 Å². The number of benzene rings is 1. The van der Waals surface area contributed by atoms with E-state index in [1.165, 1.54) is 36.9 Å². The summed E-state index contributed by atoms with van der Waals surface area (Å²) in [5.74, 6) is 0.208. The van der Waals surface area contributed by atoms with E-state index in [4.69, 9.17) is 20.0 Å². The van der Waals surface area contributed by atoms with Crippen LogP contribution in [0, 0.1) is 10.1 Å². The molecule has 1 amide bonds. The third-order valence-corrected chi connectivity index (χ3v) is 4.94. The van der Waals surface area contributed by atoms with Crippen molar-refractivity contribution in [3.63, 3.8) is 0 Å². The number of aromatic nitrogens is 4. The van der Waals surface area contributed by atoms with Gasteiger partial charge in [0.25, 0.3) is 5.69 Å². The lowest BCUT2D eigenvalue weighted by atomic mass is 10.2. The Bertz CT molecular complexity index is 1150. The number of carbonyl (C=O) groups is 1. The van der Waals surface area contributed by atoms with Gasteiger partial charge in [-0.05, 0) is 19.1 Å². The third-order valence-electron chi connectivity index (χ3n) is 4.94. The number of hydrogen-bond donors (Lipinski definition) is 2. The summed E-state index contributed by atoms with van der Waals surface area (Å²) < 4.78 is 12.5. The van der Waals surface area contributed by atoms with Crippen molar-refractivity contribution in [2.24, 2.45) is 0 Å². The van der Waals surface area contributed by atoms with Crippen LogP contribution in [0.4, 0.5) is 22.0 Å². The summed E-state index contributed by atoms with van der Waals surface area (Å²) in [6.07, 6.45) is -0.128. The number of hydrogen-bond acceptors (Lipinski definition) is 11. The van der Waals surface area contributed by atoms with Crippen molar-refractivity contribution >= 4 is 34.4 Å². The van der Waals surface area contributed by atoms with Crippen molar-refractivity contribution in [1.29, 1.82) is 0 Å². The van der Waals surface area contributed by atoms with E-state index in [2.05, 4.69) is 15.0 Å². The number of anilines is 2. The molecule has 4 rings (SSSR count). The van der Waals surface area contributed by atoms with Gasteiger partial charge in [0.2, 0.25) is 0 Å². The highest BCUT2D eigenvalue weighted by Crippen LogP contribution is 2.32. The standard InChI is InChI=1S/C19H21N7O7/c1-2-31-19(28)25(11-3-5-12(6-4-11)26(29)30)32-8-13-7-14(27)18(33-13)24-10-23-15-16(20)21-9-22-17(15)24/h3-6,9-10,13-14,18,27H,2,7-8H2,1H3,(H2,20,21,22)/t13-,14+,18+/m0/s1. The van der Waals surface area contributed by atoms with Gasteiger partial charge in [-0.15, -0.1) is 0 Å². The van der Waals surface area contributed by atoms with E-state index in [0.29, 0.717) is 11.2 Å². The van der Waals surface area contributed by atoms with Gasteiger partial charge in [-0.3, -0.25) is 19.5 Å². The number of aliphatic hydroxyl groups is 1. The Hall–Kier alpha value is -3.88. The summed E-state index contributed by atoms with van der Waals surface area (Å²) in [7, 11) is 0. The average Bonchev–Trinajstić information content (AvgIpc) is 3.38. The molecule has 0 saturated carbocycles. The number of carbonyl (C=O) groups excluding carboxylic acids is 1. The molecule has 33 heavy (non-hydrogen) atoms. The molecule has 1 aromatic carbocycles. The van der Waals surface area contributed by atoms with E-state index in [1.54, 1.807) is 11.5 Å². The molecule has 2 aromatic heterocycles. The van der Waals surface area contributed by atoms with Crippen LogP contribution in [-0.2, 0) is 14.3 Å². The van der Waals surface area contributed by atoms with E-state index in [9.17, 15) is 20.0 Å². The summed E-state index contributed by atoms with van der Waals surface area (Å²) in [5.41, 5.74) is 6.71. The summed E-state index contributed by atoms with van der Waals surface area (Å²) in [5, 5.41) is 22.3. The number of imidazole rings is 1. The van der Waals surface area contributed by atoms with Crippen molar-refractivity contribution < 1.29 is 29.1 Å². The predicted octanol–water partition coefficient (Wildman–Crippen LogP) is 1.56. The zero-order valence-corrected chi connectivity index (χ0v) is 17.5. The van der Waals surface area contributed by atoms with Crippen LogP contribution in [0.15, 0.2) is 36.9 Å². The summed E-state index contributed by atoms with van der Waals surface area (Å²) in [4.78, 5) is 40.6. The Morgan fingerprint density at radius 2 is 2.12 bits per heavy atom. The zero-order chi connectivity index (χ0) is 23.5. The number of aliphatic hydroxyl groups excluding tert-OH is 1. The molecule has 0 aliphatic carbocycles. The van der Waals surface area contributed by atoms with E-state index in [-0.39, 0.29) is 36.8 Å². The van der Waals surface area contributed by atoms with Gasteiger partial charge in [-0.2, -0.15) is 5.06 Å². The molecule has 1 fully saturated rings. The minimum atomic E-state index is -0.900. The van der Waals surface area contributed by atoms with Gasteiger partial charge in [0.05, 0.1) is 29.6 Å². The van der Waals surface area contributed by atoms with Gasteiger partial charge >= 0.3 is 6.09 Å². The van der Waals surface area contributed by atoms with E-state index < -0.39 is 29.5 Å². The maximum Gasteiger partial charge on any atom is 0.438 e. The van der Waals surface area contributed by atoms with Crippen LogP contribution < -0.4 is 10.8 Å². The molecule has 1 aliphatic rings. The van der Waals surface area contributed by atoms with Crippen molar-refractivity contribution in [1.82, 2.24) is 19.5 Å². The smallest absolute Gasteiger partial charge is 0.438 e. The fourth-order valence-electron chi connectivity index (χ4n) is 3.43. The van der Waals surface area contributed by atoms with Crippen molar-refractivity contribution in [2.75, 3.05) is 24.0 Å². The first-order chi connectivity index (χ1) is 15.9. The molecule has 3 aromatic rings. The number of fused-ring (bicyclic) bond motifs is 1. The van der Waals surface area contributed by atoms with Crippen LogP contribution in [0.1, 0.15) is 19.6 Å². The first kappa shape index (κ1) is 22.3. The number of nitro benzene ring substituents is 1. The maximum atomic E-state index is 12.4. The second-order valence-electron chi connectivity index (χ2n) is 7.10. The second-order valence-corrected chi connectivity index (χ2v) is 7.10. The minimum absolute atomic E-state index is 0.102. The number of nitrogen functional groups attached to an aromatic ring is 1. The second kappa shape index (κ2) is 9.32. The summed E-state index contributed by atoms with van der Waals surface area (Å²) in [6, 6.07) is 5.22. The maximum absolute atomic E-state index is 12.4. The number of non-ortho nitro benzene ring substituents is 1. The van der Waals surface area contributed by atoms with Crippen molar-refractivity contribution in [3.8, 4) is 0 Å². The monoisotopic (exact) mass is 459 g/mol. The molecule has 0 radical (unpaired) electrons. The number of amides is 1. The minimum Gasteiger partial charge on any atom is -0.448 e. The highest BCUT2D eigenvalue weighted by Gasteiger charge is 2.37. The molecular formula is C19H21N7O7. The van der Waals surface area contributed by atoms with Crippen molar-refractivity contribution in [3.05, 3.63) is 47.0 Å². The van der Waals surface area contributed by atoms with Gasteiger partial charge in [-0.25, -0.2) is 19.7 Å². The fourth-order valence-corrected chi connectivity index (χ4v) is 3.43. The molecule has 0 unspecified atom stereocenters. The van der Waals surface area contributed by atoms with E-state index in [1.807, 2.05) is 0 Å². The van der Waals surface area contributed by atoms with Gasteiger partial charge < -0.3 is 20.3 Å². The quantitative estimate of drug-likeness (QED) is 0.386. The Labute approximate surface area is 186 Å². The normalized spacial score (nSPS) is 20.1. The summed E-state index contributed by atoms with van der Waals surface area (Å²) in [6.45, 7) is 1.64. The topological polar surface area (TPSA) is 181 Å². The molecule has 14 nitrogen and oxygen atoms in total. The number of ether oxygens (including phenoxy) is 2. The highest BCUT2D eigenvalue weighted by molar-refractivity contribution is 5.85. The van der Waals surface area contributed by atoms with Gasteiger partial charge in [0.15, 0.2) is 17.7 Å². The zero-order valence-electron chi connectivity index (χ0n) is 17.5. The third kappa shape index (κ3) is 4.52. The fraction of sp³-hybridized carbons (Fsp3) is 0.368. The van der Waals surface area contributed by atoms with Gasteiger partial charge in [0, 0.05) is 18.6 Å². The van der Waals surface area contributed by atoms with Crippen LogP contribution in [0.3, 0.4) is 0 Å². The van der Waals surface area contributed by atoms with Gasteiger partial charge in [-0.1, -0.05) is 0 Å². The Kier molecular flexibility index (Phi) is 6.30.